The van der Waals surface area contributed by atoms with Crippen molar-refractivity contribution >= 4 is 5.91 Å². The summed E-state index contributed by atoms with van der Waals surface area (Å²) in [5.74, 6) is 0.150. The van der Waals surface area contributed by atoms with Crippen molar-refractivity contribution in [3.8, 4) is 0 Å². The molecule has 0 spiro atoms. The van der Waals surface area contributed by atoms with Gasteiger partial charge in [-0.1, -0.05) is 17.7 Å². The van der Waals surface area contributed by atoms with E-state index < -0.39 is 0 Å². The predicted octanol–water partition coefficient (Wildman–Crippen LogP) is 1.43. The van der Waals surface area contributed by atoms with Crippen molar-refractivity contribution in [2.24, 2.45) is 0 Å². The zero-order valence-electron chi connectivity index (χ0n) is 9.86. The second-order valence-corrected chi connectivity index (χ2v) is 4.48. The van der Waals surface area contributed by atoms with Crippen LogP contribution in [0, 0.1) is 6.92 Å². The minimum absolute atomic E-state index is 0.150. The number of carbonyl (C=O) groups excluding carboxylic acids is 1. The number of benzene rings is 1. The normalized spacial score (nSPS) is 20.9. The molecule has 3 nitrogen and oxygen atoms in total. The molecule has 1 atom stereocenters. The van der Waals surface area contributed by atoms with Gasteiger partial charge in [0.1, 0.15) is 0 Å². The molecular formula is C13H18N2O. The number of nitrogens with one attached hydrogen (secondary N) is 1. The second-order valence-electron chi connectivity index (χ2n) is 4.48. The number of carbonyl (C=O) groups is 1. The van der Waals surface area contributed by atoms with Crippen LogP contribution in [0.3, 0.4) is 0 Å². The third-order valence-electron chi connectivity index (χ3n) is 2.92. The summed E-state index contributed by atoms with van der Waals surface area (Å²) in [5, 5.41) is 3.34. The Morgan fingerprint density at radius 3 is 3.00 bits per heavy atom. The molecule has 1 heterocycles. The van der Waals surface area contributed by atoms with Gasteiger partial charge in [-0.25, -0.2) is 0 Å². The smallest absolute Gasteiger partial charge is 0.253 e. The van der Waals surface area contributed by atoms with E-state index in [0.717, 1.165) is 30.8 Å². The lowest BCUT2D eigenvalue weighted by Crippen LogP contribution is -2.51. The lowest BCUT2D eigenvalue weighted by molar-refractivity contribution is 0.0709. The monoisotopic (exact) mass is 218 g/mol. The molecule has 0 radical (unpaired) electrons. The molecule has 0 aliphatic carbocycles. The largest absolute Gasteiger partial charge is 0.336 e. The fraction of sp³-hybridized carbons (Fsp3) is 0.462. The van der Waals surface area contributed by atoms with Crippen LogP contribution in [0.5, 0.6) is 0 Å². The summed E-state index contributed by atoms with van der Waals surface area (Å²) in [6.45, 7) is 6.61. The molecule has 1 aliphatic heterocycles. The van der Waals surface area contributed by atoms with Gasteiger partial charge >= 0.3 is 0 Å². The number of piperazine rings is 1. The molecule has 1 fully saturated rings. The highest BCUT2D eigenvalue weighted by Crippen LogP contribution is 2.09. The van der Waals surface area contributed by atoms with Gasteiger partial charge in [-0.15, -0.1) is 0 Å². The number of hydrogen-bond acceptors (Lipinski definition) is 2. The zero-order valence-corrected chi connectivity index (χ0v) is 9.86. The van der Waals surface area contributed by atoms with Crippen LogP contribution in [0.25, 0.3) is 0 Å². The summed E-state index contributed by atoms with van der Waals surface area (Å²) < 4.78 is 0. The van der Waals surface area contributed by atoms with E-state index in [1.807, 2.05) is 36.1 Å². The van der Waals surface area contributed by atoms with Crippen molar-refractivity contribution in [2.45, 2.75) is 19.9 Å². The Bertz CT molecular complexity index is 389. The number of aryl methyl sites for hydroxylation is 1. The van der Waals surface area contributed by atoms with Crippen molar-refractivity contribution in [1.82, 2.24) is 10.2 Å². The van der Waals surface area contributed by atoms with Crippen LogP contribution in [-0.4, -0.2) is 36.5 Å². The van der Waals surface area contributed by atoms with Crippen LogP contribution in [0.1, 0.15) is 22.8 Å². The Kier molecular flexibility index (Phi) is 3.25. The first-order valence-corrected chi connectivity index (χ1v) is 5.76. The Balaban J connectivity index is 2.12. The topological polar surface area (TPSA) is 32.3 Å². The van der Waals surface area contributed by atoms with Gasteiger partial charge in [0.2, 0.25) is 0 Å². The molecule has 2 rings (SSSR count). The molecule has 0 unspecified atom stereocenters. The van der Waals surface area contributed by atoms with Crippen molar-refractivity contribution in [1.29, 1.82) is 0 Å². The molecule has 0 saturated carbocycles. The maximum atomic E-state index is 12.2. The standard InChI is InChI=1S/C13H18N2O/c1-10-4-3-5-12(8-10)13(16)15-7-6-14-11(2)9-15/h3-5,8,11,14H,6-7,9H2,1-2H3/t11-/m0/s1. The van der Waals surface area contributed by atoms with Gasteiger partial charge in [-0.05, 0) is 26.0 Å². The van der Waals surface area contributed by atoms with E-state index >= 15 is 0 Å². The van der Waals surface area contributed by atoms with E-state index in [1.165, 1.54) is 0 Å². The first kappa shape index (κ1) is 11.1. The van der Waals surface area contributed by atoms with Crippen molar-refractivity contribution in [3.05, 3.63) is 35.4 Å². The third-order valence-corrected chi connectivity index (χ3v) is 2.92. The summed E-state index contributed by atoms with van der Waals surface area (Å²) in [6.07, 6.45) is 0. The van der Waals surface area contributed by atoms with E-state index in [-0.39, 0.29) is 5.91 Å². The quantitative estimate of drug-likeness (QED) is 0.773. The highest BCUT2D eigenvalue weighted by molar-refractivity contribution is 5.94. The van der Waals surface area contributed by atoms with Crippen LogP contribution >= 0.6 is 0 Å². The van der Waals surface area contributed by atoms with Gasteiger partial charge in [0.25, 0.3) is 5.91 Å². The molecule has 0 aromatic heterocycles. The van der Waals surface area contributed by atoms with Crippen LogP contribution in [-0.2, 0) is 0 Å². The molecule has 0 bridgehead atoms. The Hall–Kier alpha value is -1.35. The highest BCUT2D eigenvalue weighted by Gasteiger charge is 2.21. The molecule has 1 saturated heterocycles. The molecule has 16 heavy (non-hydrogen) atoms. The van der Waals surface area contributed by atoms with Crippen molar-refractivity contribution in [2.75, 3.05) is 19.6 Å². The van der Waals surface area contributed by atoms with Gasteiger partial charge < -0.3 is 10.2 Å². The summed E-state index contributed by atoms with van der Waals surface area (Å²) >= 11 is 0. The number of rotatable bonds is 1. The summed E-state index contributed by atoms with van der Waals surface area (Å²) in [5.41, 5.74) is 1.93. The van der Waals surface area contributed by atoms with Gasteiger partial charge in [-0.3, -0.25) is 4.79 Å². The van der Waals surface area contributed by atoms with E-state index in [0.29, 0.717) is 6.04 Å². The fourth-order valence-electron chi connectivity index (χ4n) is 2.08. The predicted molar refractivity (Wildman–Crippen MR) is 64.5 cm³/mol. The first-order valence-electron chi connectivity index (χ1n) is 5.76. The summed E-state index contributed by atoms with van der Waals surface area (Å²) in [7, 11) is 0. The Morgan fingerprint density at radius 2 is 2.31 bits per heavy atom. The van der Waals surface area contributed by atoms with Crippen molar-refractivity contribution < 1.29 is 4.79 Å². The number of hydrogen-bond donors (Lipinski definition) is 1. The van der Waals surface area contributed by atoms with Crippen LogP contribution in [0.15, 0.2) is 24.3 Å². The van der Waals surface area contributed by atoms with E-state index in [9.17, 15) is 4.79 Å². The average molecular weight is 218 g/mol. The SMILES string of the molecule is Cc1cccc(C(=O)N2CCN[C@@H](C)C2)c1. The average Bonchev–Trinajstić information content (AvgIpc) is 2.28. The van der Waals surface area contributed by atoms with E-state index in [2.05, 4.69) is 12.2 Å². The zero-order chi connectivity index (χ0) is 11.5. The van der Waals surface area contributed by atoms with Gasteiger partial charge in [0.05, 0.1) is 0 Å². The minimum atomic E-state index is 0.150. The van der Waals surface area contributed by atoms with Crippen LogP contribution in [0.4, 0.5) is 0 Å². The lowest BCUT2D eigenvalue weighted by atomic mass is 10.1. The van der Waals surface area contributed by atoms with Gasteiger partial charge in [0.15, 0.2) is 0 Å². The second kappa shape index (κ2) is 4.66. The Labute approximate surface area is 96.5 Å². The Morgan fingerprint density at radius 1 is 1.50 bits per heavy atom. The molecule has 1 N–H and O–H groups in total. The molecular weight excluding hydrogens is 200 g/mol. The molecule has 1 aromatic rings. The third kappa shape index (κ3) is 2.42. The molecule has 86 valence electrons. The number of nitrogens with zero attached hydrogens (tertiary/aromatic N) is 1. The van der Waals surface area contributed by atoms with Crippen molar-refractivity contribution in [3.63, 3.8) is 0 Å². The van der Waals surface area contributed by atoms with Crippen LogP contribution < -0.4 is 5.32 Å². The summed E-state index contributed by atoms with van der Waals surface area (Å²) in [6, 6.07) is 8.19. The highest BCUT2D eigenvalue weighted by atomic mass is 16.2. The maximum absolute atomic E-state index is 12.2. The summed E-state index contributed by atoms with van der Waals surface area (Å²) in [4.78, 5) is 14.1. The van der Waals surface area contributed by atoms with Crippen LogP contribution in [0.2, 0.25) is 0 Å². The minimum Gasteiger partial charge on any atom is -0.336 e. The fourth-order valence-corrected chi connectivity index (χ4v) is 2.08. The molecule has 3 heteroatoms. The lowest BCUT2D eigenvalue weighted by Gasteiger charge is -2.32. The first-order chi connectivity index (χ1) is 7.66. The maximum Gasteiger partial charge on any atom is 0.253 e. The van der Waals surface area contributed by atoms with Gasteiger partial charge in [-0.2, -0.15) is 0 Å². The van der Waals surface area contributed by atoms with E-state index in [1.54, 1.807) is 0 Å². The molecule has 1 amide bonds. The molecule has 1 aliphatic rings. The van der Waals surface area contributed by atoms with Gasteiger partial charge in [0, 0.05) is 31.2 Å². The van der Waals surface area contributed by atoms with E-state index in [4.69, 9.17) is 0 Å². The number of amides is 1. The molecule has 1 aromatic carbocycles.